The molecule has 434 valence electrons. The Morgan fingerprint density at radius 3 is 0.675 bits per heavy atom. The average molecular weight is 1270 g/mol. The first-order chi connectivity index (χ1) is 35.1. The minimum atomic E-state index is -3.00. The van der Waals surface area contributed by atoms with Gasteiger partial charge in [-0.15, -0.1) is 0 Å². The van der Waals surface area contributed by atoms with Crippen molar-refractivity contribution in [3.63, 3.8) is 0 Å². The van der Waals surface area contributed by atoms with Crippen molar-refractivity contribution in [2.45, 2.75) is 194 Å². The molecule has 23 heteroatoms. The molecule has 0 radical (unpaired) electrons. The molecular weight excluding hydrogens is 1160 g/mol. The van der Waals surface area contributed by atoms with Crippen LogP contribution in [-0.4, -0.2) is 102 Å². The lowest BCUT2D eigenvalue weighted by Crippen LogP contribution is -2.63. The lowest BCUT2D eigenvalue weighted by Gasteiger charge is -2.46. The molecule has 0 saturated heterocycles. The van der Waals surface area contributed by atoms with Gasteiger partial charge in [0.15, 0.2) is 16.6 Å². The van der Waals surface area contributed by atoms with Gasteiger partial charge in [0.1, 0.15) is 0 Å². The molecule has 0 aliphatic heterocycles. The third kappa shape index (κ3) is 29.7. The lowest BCUT2D eigenvalue weighted by atomic mass is 10.2. The second-order valence-corrected chi connectivity index (χ2v) is 70.7. The van der Waals surface area contributed by atoms with E-state index in [0.29, 0.717) is 0 Å². The van der Waals surface area contributed by atoms with Gasteiger partial charge in [-0.1, -0.05) is 134 Å². The molecule has 0 spiro atoms. The van der Waals surface area contributed by atoms with E-state index in [-0.39, 0.29) is 0 Å². The summed E-state index contributed by atoms with van der Waals surface area (Å²) in [5.74, 6) is 0. The summed E-state index contributed by atoms with van der Waals surface area (Å²) in [5, 5.41) is 0. The van der Waals surface area contributed by atoms with Gasteiger partial charge in [0.05, 0.1) is 0 Å². The number of aryl methyl sites for hydroxylation is 3. The molecule has 11 nitrogen and oxygen atoms in total. The van der Waals surface area contributed by atoms with E-state index in [0.717, 1.165) is 43.4 Å². The predicted octanol–water partition coefficient (Wildman–Crippen LogP) is 16.8. The molecule has 2 atom stereocenters. The number of benzene rings is 4. The van der Waals surface area contributed by atoms with Crippen LogP contribution in [-0.2, 0) is 64.5 Å². The van der Waals surface area contributed by atoms with Gasteiger partial charge in [-0.25, -0.2) is 0 Å². The van der Waals surface area contributed by atoms with Gasteiger partial charge < -0.3 is 45.3 Å². The average Bonchev–Trinajstić information content (AvgIpc) is 3.25. The van der Waals surface area contributed by atoms with Crippen LogP contribution in [0.5, 0.6) is 0 Å². The van der Waals surface area contributed by atoms with E-state index in [2.05, 4.69) is 242 Å². The van der Waals surface area contributed by atoms with Crippen LogP contribution >= 0.6 is 0 Å². The Bertz CT molecular complexity index is 2290. The second-order valence-electron chi connectivity index (χ2n) is 25.6. The molecule has 0 aliphatic rings. The zero-order chi connectivity index (χ0) is 58.3. The summed E-state index contributed by atoms with van der Waals surface area (Å²) in [7, 11) is -31.8. The highest BCUT2D eigenvalue weighted by molar-refractivity contribution is 6.94. The fraction of sp³-hybridized carbons (Fsp3) is 0.556. The summed E-state index contributed by atoms with van der Waals surface area (Å²) in [6.07, 6.45) is 2.82. The molecule has 4 aromatic rings. The monoisotopic (exact) mass is 1260 g/mol. The Labute approximate surface area is 482 Å². The molecule has 0 heterocycles. The van der Waals surface area contributed by atoms with Gasteiger partial charge in [0, 0.05) is 0 Å². The predicted molar refractivity (Wildman–Crippen MR) is 352 cm³/mol. The van der Waals surface area contributed by atoms with E-state index in [1.54, 1.807) is 0 Å². The van der Waals surface area contributed by atoms with E-state index in [1.165, 1.54) is 16.7 Å². The van der Waals surface area contributed by atoms with Crippen molar-refractivity contribution in [3.05, 3.63) is 144 Å². The van der Waals surface area contributed by atoms with Crippen molar-refractivity contribution in [1.29, 1.82) is 0 Å². The van der Waals surface area contributed by atoms with Crippen molar-refractivity contribution in [2.75, 3.05) is 0 Å². The van der Waals surface area contributed by atoms with Gasteiger partial charge >= 0.3 is 85.6 Å². The maximum Gasteiger partial charge on any atom is 0.317 e. The quantitative estimate of drug-likeness (QED) is 0.0437. The van der Waals surface area contributed by atoms with E-state index in [1.807, 2.05) is 36.4 Å². The Morgan fingerprint density at radius 2 is 0.429 bits per heavy atom. The van der Waals surface area contributed by atoms with Gasteiger partial charge in [-0.3, -0.25) is 0 Å². The van der Waals surface area contributed by atoms with Crippen molar-refractivity contribution in [2.24, 2.45) is 0 Å². The van der Waals surface area contributed by atoms with E-state index < -0.39 is 102 Å². The van der Waals surface area contributed by atoms with Crippen LogP contribution in [0.25, 0.3) is 0 Å². The Hall–Kier alpha value is -0.957. The topological polar surface area (TPSA) is 102 Å². The largest absolute Gasteiger partial charge is 0.436 e. The van der Waals surface area contributed by atoms with Gasteiger partial charge in [0.25, 0.3) is 0 Å². The van der Waals surface area contributed by atoms with Gasteiger partial charge in [-0.05, 0) is 204 Å². The Morgan fingerprint density at radius 1 is 0.234 bits per heavy atom. The minimum Gasteiger partial charge on any atom is -0.436 e. The van der Waals surface area contributed by atoms with Crippen LogP contribution in [0.1, 0.15) is 23.6 Å². The summed E-state index contributed by atoms with van der Waals surface area (Å²) in [5.41, 5.74) is 3.93. The molecule has 0 bridgehead atoms. The molecule has 0 fully saturated rings. The number of hydrogen-bond donors (Lipinski definition) is 0. The zero-order valence-corrected chi connectivity index (χ0v) is 64.1. The van der Waals surface area contributed by atoms with Crippen molar-refractivity contribution in [3.8, 4) is 0 Å². The Kier molecular flexibility index (Phi) is 26.5. The summed E-state index contributed by atoms with van der Waals surface area (Å²) in [6, 6.07) is 47.5. The molecule has 0 saturated carbocycles. The first-order valence-corrected chi connectivity index (χ1v) is 61.7. The maximum absolute atomic E-state index is 7.35. The maximum atomic E-state index is 7.35. The summed E-state index contributed by atoms with van der Waals surface area (Å²) >= 11 is 0. The summed E-state index contributed by atoms with van der Waals surface area (Å²) < 4.78 is 78.0. The third-order valence-electron chi connectivity index (χ3n) is 12.1. The van der Waals surface area contributed by atoms with Crippen LogP contribution in [0, 0.1) is 0 Å². The highest BCUT2D eigenvalue weighted by Crippen LogP contribution is 2.35. The van der Waals surface area contributed by atoms with Crippen LogP contribution in [0.4, 0.5) is 0 Å². The smallest absolute Gasteiger partial charge is 0.317 e. The summed E-state index contributed by atoms with van der Waals surface area (Å²) in [6.45, 7) is 49.9. The van der Waals surface area contributed by atoms with E-state index in [4.69, 9.17) is 45.3 Å². The molecule has 77 heavy (non-hydrogen) atoms. The summed E-state index contributed by atoms with van der Waals surface area (Å²) in [4.78, 5) is 0. The molecule has 4 aromatic carbocycles. The van der Waals surface area contributed by atoms with E-state index >= 15 is 0 Å². The normalized spacial score (nSPS) is 15.3. The highest BCUT2D eigenvalue weighted by atomic mass is 28.5. The molecule has 0 N–H and O–H groups in total. The fourth-order valence-electron chi connectivity index (χ4n) is 10.5. The van der Waals surface area contributed by atoms with Gasteiger partial charge in [-0.2, -0.15) is 0 Å². The van der Waals surface area contributed by atoms with Crippen LogP contribution in [0.2, 0.25) is 168 Å². The first kappa shape index (κ1) is 70.3. The molecule has 2 unspecified atom stereocenters. The lowest BCUT2D eigenvalue weighted by molar-refractivity contribution is 0.249. The zero-order valence-electron chi connectivity index (χ0n) is 52.1. The molecule has 0 aliphatic carbocycles. The highest BCUT2D eigenvalue weighted by Gasteiger charge is 2.53. The van der Waals surface area contributed by atoms with E-state index in [9.17, 15) is 0 Å². The third-order valence-corrected chi connectivity index (χ3v) is 60.2. The SMILES string of the molecule is CC[Si](C)(O[Si](C)(C)O[Si](C)(C)O[Si](C)(C)CCc1ccccc1)O[Si](C)(C)O[Si](C)(C)O[Si](C)(CCc1ccccc1)O[Si](C)(C)O[Si](C)(C)O[Si](C)(C)O[Si](C)(C)O[Si](C)(C)CCc1ccccc1.c1ccccc1. The molecule has 0 amide bonds. The van der Waals surface area contributed by atoms with Crippen LogP contribution < -0.4 is 0 Å². The van der Waals surface area contributed by atoms with Gasteiger partial charge in [0.2, 0.25) is 0 Å². The van der Waals surface area contributed by atoms with Crippen LogP contribution in [0.3, 0.4) is 0 Å². The minimum absolute atomic E-state index is 0.738. The second kappa shape index (κ2) is 29.0. The Balaban J connectivity index is 0.00000242. The van der Waals surface area contributed by atoms with Crippen molar-refractivity contribution < 1.29 is 45.3 Å². The number of rotatable bonds is 32. The van der Waals surface area contributed by atoms with Crippen molar-refractivity contribution >= 4 is 102 Å². The number of hydrogen-bond acceptors (Lipinski definition) is 11. The molecule has 4 rings (SSSR count). The molecule has 0 aromatic heterocycles. The molecular formula is C54H104O11Si12. The van der Waals surface area contributed by atoms with Crippen molar-refractivity contribution in [1.82, 2.24) is 0 Å². The van der Waals surface area contributed by atoms with Crippen LogP contribution in [0.15, 0.2) is 127 Å². The first-order valence-electron chi connectivity index (χ1n) is 27.9. The fourth-order valence-corrected chi connectivity index (χ4v) is 72.2. The standard InChI is InChI=1S/C48H98O11Si12.C6H6/c1-24-70(22,56-66(14,15)52-63(8,9)50-61(4,5)44-41-47-36-30-26-31-37-47)57-67(16,17)55-69(20,21)59-71(23,45-42-48-38-32-27-33-39-48)58-68(18,19)54-65(12,13)53-64(10,11)51-62(6,7)49-60(2,3)43-40-46-34-28-25-29-35-46;1-2-4-6-5-3-1/h25-39H,24,40-45H2,1-23H3;1-6H.